The number of rotatable bonds is 5. The van der Waals surface area contributed by atoms with E-state index in [1.165, 1.54) is 5.56 Å². The Morgan fingerprint density at radius 2 is 1.65 bits per heavy atom. The Kier molecular flexibility index (Phi) is 3.78. The van der Waals surface area contributed by atoms with Crippen LogP contribution in [0.3, 0.4) is 0 Å². The second kappa shape index (κ2) is 6.06. The fraction of sp³-hybridized carbons (Fsp3) is 0.118. The molecular formula is C17H16N2O. The van der Waals surface area contributed by atoms with E-state index >= 15 is 0 Å². The first kappa shape index (κ1) is 12.5. The summed E-state index contributed by atoms with van der Waals surface area (Å²) < 4.78 is 7.97. The summed E-state index contributed by atoms with van der Waals surface area (Å²) in [4.78, 5) is 4.13. The van der Waals surface area contributed by atoms with Gasteiger partial charge in [0.15, 0.2) is 0 Å². The van der Waals surface area contributed by atoms with Crippen molar-refractivity contribution in [2.45, 2.75) is 6.04 Å². The van der Waals surface area contributed by atoms with Gasteiger partial charge < -0.3 is 9.30 Å². The monoisotopic (exact) mass is 264 g/mol. The van der Waals surface area contributed by atoms with E-state index in [4.69, 9.17) is 4.74 Å². The van der Waals surface area contributed by atoms with E-state index in [0.717, 1.165) is 5.75 Å². The second-order valence-electron chi connectivity index (χ2n) is 4.56. The quantitative estimate of drug-likeness (QED) is 0.704. The molecule has 100 valence electrons. The predicted molar refractivity (Wildman–Crippen MR) is 78.7 cm³/mol. The molecule has 1 heterocycles. The zero-order valence-corrected chi connectivity index (χ0v) is 11.1. The molecule has 3 rings (SSSR count). The number of aromatic nitrogens is 2. The first-order valence-electron chi connectivity index (χ1n) is 6.64. The van der Waals surface area contributed by atoms with Crippen LogP contribution < -0.4 is 4.74 Å². The van der Waals surface area contributed by atoms with Crippen molar-refractivity contribution in [2.24, 2.45) is 0 Å². The third-order valence-electron chi connectivity index (χ3n) is 3.22. The highest BCUT2D eigenvalue weighted by Gasteiger charge is 2.13. The molecule has 0 bridgehead atoms. The molecule has 0 saturated heterocycles. The van der Waals surface area contributed by atoms with Crippen LogP contribution in [-0.4, -0.2) is 16.2 Å². The Labute approximate surface area is 118 Å². The van der Waals surface area contributed by atoms with Gasteiger partial charge in [-0.15, -0.1) is 0 Å². The van der Waals surface area contributed by atoms with Gasteiger partial charge in [-0.25, -0.2) is 4.98 Å². The lowest BCUT2D eigenvalue weighted by Gasteiger charge is -2.19. The number of nitrogens with zero attached hydrogens (tertiary/aromatic N) is 2. The highest BCUT2D eigenvalue weighted by molar-refractivity contribution is 5.23. The molecule has 0 aliphatic rings. The zero-order valence-electron chi connectivity index (χ0n) is 11.1. The zero-order chi connectivity index (χ0) is 13.6. The predicted octanol–water partition coefficient (Wildman–Crippen LogP) is 3.55. The van der Waals surface area contributed by atoms with Crippen LogP contribution in [0, 0.1) is 0 Å². The van der Waals surface area contributed by atoms with Gasteiger partial charge in [-0.2, -0.15) is 0 Å². The third kappa shape index (κ3) is 2.88. The van der Waals surface area contributed by atoms with E-state index in [9.17, 15) is 0 Å². The molecule has 2 aromatic carbocycles. The number of benzene rings is 2. The summed E-state index contributed by atoms with van der Waals surface area (Å²) in [6.07, 6.45) is 5.58. The minimum absolute atomic E-state index is 0.124. The maximum atomic E-state index is 5.90. The highest BCUT2D eigenvalue weighted by atomic mass is 16.5. The van der Waals surface area contributed by atoms with Gasteiger partial charge in [0.25, 0.3) is 0 Å². The van der Waals surface area contributed by atoms with Crippen LogP contribution in [0.1, 0.15) is 11.6 Å². The van der Waals surface area contributed by atoms with Gasteiger partial charge in [0.05, 0.1) is 12.4 Å². The Balaban J connectivity index is 1.80. The van der Waals surface area contributed by atoms with Gasteiger partial charge in [-0.1, -0.05) is 48.5 Å². The average Bonchev–Trinajstić information content (AvgIpc) is 3.04. The van der Waals surface area contributed by atoms with Crippen molar-refractivity contribution in [1.82, 2.24) is 9.55 Å². The normalized spacial score (nSPS) is 12.0. The lowest BCUT2D eigenvalue weighted by atomic mass is 10.1. The Hall–Kier alpha value is -2.55. The van der Waals surface area contributed by atoms with Crippen molar-refractivity contribution < 1.29 is 4.74 Å². The molecule has 0 fully saturated rings. The molecule has 20 heavy (non-hydrogen) atoms. The molecule has 0 amide bonds. The van der Waals surface area contributed by atoms with Crippen LogP contribution in [0.2, 0.25) is 0 Å². The van der Waals surface area contributed by atoms with E-state index in [2.05, 4.69) is 21.7 Å². The lowest BCUT2D eigenvalue weighted by Crippen LogP contribution is -2.17. The third-order valence-corrected chi connectivity index (χ3v) is 3.22. The number of ether oxygens (including phenoxy) is 1. The van der Waals surface area contributed by atoms with Crippen LogP contribution in [-0.2, 0) is 0 Å². The summed E-state index contributed by atoms with van der Waals surface area (Å²) in [5.41, 5.74) is 1.21. The van der Waals surface area contributed by atoms with Crippen LogP contribution in [0.4, 0.5) is 0 Å². The maximum Gasteiger partial charge on any atom is 0.119 e. The molecular weight excluding hydrogens is 248 g/mol. The second-order valence-corrected chi connectivity index (χ2v) is 4.56. The molecule has 1 atom stereocenters. The average molecular weight is 264 g/mol. The maximum absolute atomic E-state index is 5.90. The van der Waals surface area contributed by atoms with Crippen LogP contribution >= 0.6 is 0 Å². The van der Waals surface area contributed by atoms with Crippen molar-refractivity contribution in [3.05, 3.63) is 84.9 Å². The Morgan fingerprint density at radius 1 is 0.950 bits per heavy atom. The fourth-order valence-electron chi connectivity index (χ4n) is 2.18. The molecule has 3 aromatic rings. The molecule has 0 spiro atoms. The minimum atomic E-state index is 0.124. The van der Waals surface area contributed by atoms with Crippen molar-refractivity contribution >= 4 is 0 Å². The summed E-state index contributed by atoms with van der Waals surface area (Å²) in [6, 6.07) is 20.3. The lowest BCUT2D eigenvalue weighted by molar-refractivity contribution is 0.271. The molecule has 0 aliphatic carbocycles. The summed E-state index contributed by atoms with van der Waals surface area (Å²) in [7, 11) is 0. The van der Waals surface area contributed by atoms with E-state index in [0.29, 0.717) is 6.61 Å². The van der Waals surface area contributed by atoms with Gasteiger partial charge in [0, 0.05) is 12.4 Å². The molecule has 3 nitrogen and oxygen atoms in total. The molecule has 0 N–H and O–H groups in total. The van der Waals surface area contributed by atoms with Crippen LogP contribution in [0.15, 0.2) is 79.4 Å². The van der Waals surface area contributed by atoms with Crippen molar-refractivity contribution in [3.63, 3.8) is 0 Å². The molecule has 0 saturated carbocycles. The van der Waals surface area contributed by atoms with Gasteiger partial charge in [0.1, 0.15) is 12.4 Å². The van der Waals surface area contributed by atoms with E-state index in [1.54, 1.807) is 6.20 Å². The van der Waals surface area contributed by atoms with Crippen LogP contribution in [0.5, 0.6) is 5.75 Å². The Bertz CT molecular complexity index is 621. The SMILES string of the molecule is c1ccc(OCC(c2ccccc2)n2ccnc2)cc1. The van der Waals surface area contributed by atoms with Crippen LogP contribution in [0.25, 0.3) is 0 Å². The first-order valence-corrected chi connectivity index (χ1v) is 6.64. The van der Waals surface area contributed by atoms with E-state index < -0.39 is 0 Å². The van der Waals surface area contributed by atoms with Gasteiger partial charge in [0.2, 0.25) is 0 Å². The van der Waals surface area contributed by atoms with Crippen molar-refractivity contribution in [1.29, 1.82) is 0 Å². The topological polar surface area (TPSA) is 27.1 Å². The standard InChI is InChI=1S/C17H16N2O/c1-3-7-15(8-4-1)17(19-12-11-18-14-19)13-20-16-9-5-2-6-10-16/h1-12,14,17H,13H2. The van der Waals surface area contributed by atoms with E-state index in [1.807, 2.05) is 61.1 Å². The summed E-state index contributed by atoms with van der Waals surface area (Å²) in [6.45, 7) is 0.574. The summed E-state index contributed by atoms with van der Waals surface area (Å²) >= 11 is 0. The summed E-state index contributed by atoms with van der Waals surface area (Å²) in [5, 5.41) is 0. The highest BCUT2D eigenvalue weighted by Crippen LogP contribution is 2.20. The summed E-state index contributed by atoms with van der Waals surface area (Å²) in [5.74, 6) is 0.883. The number of imidazole rings is 1. The largest absolute Gasteiger partial charge is 0.491 e. The number of para-hydroxylation sites is 1. The first-order chi connectivity index (χ1) is 9.93. The van der Waals surface area contributed by atoms with E-state index in [-0.39, 0.29) is 6.04 Å². The molecule has 0 radical (unpaired) electrons. The molecule has 1 aromatic heterocycles. The number of hydrogen-bond acceptors (Lipinski definition) is 2. The van der Waals surface area contributed by atoms with Crippen molar-refractivity contribution in [3.8, 4) is 5.75 Å². The van der Waals surface area contributed by atoms with Crippen molar-refractivity contribution in [2.75, 3.05) is 6.61 Å². The van der Waals surface area contributed by atoms with Gasteiger partial charge in [-0.05, 0) is 17.7 Å². The molecule has 3 heteroatoms. The van der Waals surface area contributed by atoms with Gasteiger partial charge in [-0.3, -0.25) is 0 Å². The Morgan fingerprint density at radius 3 is 2.30 bits per heavy atom. The fourth-order valence-corrected chi connectivity index (χ4v) is 2.18. The minimum Gasteiger partial charge on any atom is -0.491 e. The molecule has 0 aliphatic heterocycles. The van der Waals surface area contributed by atoms with Gasteiger partial charge >= 0.3 is 0 Å². The smallest absolute Gasteiger partial charge is 0.119 e. The number of hydrogen-bond donors (Lipinski definition) is 0. The molecule has 1 unspecified atom stereocenters.